The van der Waals surface area contributed by atoms with Gasteiger partial charge >= 0.3 is 0 Å². The first-order valence-corrected chi connectivity index (χ1v) is 6.89. The summed E-state index contributed by atoms with van der Waals surface area (Å²) in [5.41, 5.74) is 8.41. The van der Waals surface area contributed by atoms with E-state index in [4.69, 9.17) is 5.73 Å². The number of hydrogen-bond donors (Lipinski definition) is 1. The molecule has 0 atom stereocenters. The van der Waals surface area contributed by atoms with Crippen molar-refractivity contribution in [3.63, 3.8) is 0 Å². The van der Waals surface area contributed by atoms with E-state index in [0.29, 0.717) is 0 Å². The molecule has 1 aromatic carbocycles. The lowest BCUT2D eigenvalue weighted by Crippen LogP contribution is -1.99. The van der Waals surface area contributed by atoms with Crippen molar-refractivity contribution in [1.29, 1.82) is 0 Å². The number of rotatable bonds is 6. The standard InChI is InChI=1S/C13H21NS/c1-3-11-8-12(6-4-5-7-14)10-13(9-11)15-2/h8-10H,3-7,14H2,1-2H3. The molecule has 0 aliphatic heterocycles. The molecule has 0 saturated carbocycles. The fourth-order valence-electron chi connectivity index (χ4n) is 1.67. The van der Waals surface area contributed by atoms with Gasteiger partial charge in [-0.15, -0.1) is 11.8 Å². The highest BCUT2D eigenvalue weighted by atomic mass is 32.2. The Morgan fingerprint density at radius 2 is 1.87 bits per heavy atom. The van der Waals surface area contributed by atoms with Crippen LogP contribution in [0.25, 0.3) is 0 Å². The molecule has 0 saturated heterocycles. The van der Waals surface area contributed by atoms with Crippen molar-refractivity contribution in [2.24, 2.45) is 5.73 Å². The summed E-state index contributed by atoms with van der Waals surface area (Å²) in [6, 6.07) is 6.92. The van der Waals surface area contributed by atoms with Crippen LogP contribution in [0, 0.1) is 0 Å². The lowest BCUT2D eigenvalue weighted by Gasteiger charge is -2.07. The normalized spacial score (nSPS) is 10.6. The number of nitrogens with two attached hydrogens (primary N) is 1. The van der Waals surface area contributed by atoms with E-state index in [9.17, 15) is 0 Å². The maximum Gasteiger partial charge on any atom is 0.00746 e. The summed E-state index contributed by atoms with van der Waals surface area (Å²) in [4.78, 5) is 1.39. The molecule has 0 spiro atoms. The van der Waals surface area contributed by atoms with Crippen molar-refractivity contribution in [2.75, 3.05) is 12.8 Å². The fourth-order valence-corrected chi connectivity index (χ4v) is 2.21. The van der Waals surface area contributed by atoms with E-state index in [1.165, 1.54) is 28.9 Å². The van der Waals surface area contributed by atoms with Crippen molar-refractivity contribution in [1.82, 2.24) is 0 Å². The van der Waals surface area contributed by atoms with E-state index in [2.05, 4.69) is 31.4 Å². The number of benzene rings is 1. The van der Waals surface area contributed by atoms with E-state index < -0.39 is 0 Å². The molecular weight excluding hydrogens is 202 g/mol. The Balaban J connectivity index is 2.68. The minimum atomic E-state index is 0.808. The zero-order chi connectivity index (χ0) is 11.1. The van der Waals surface area contributed by atoms with Gasteiger partial charge < -0.3 is 5.73 Å². The van der Waals surface area contributed by atoms with E-state index in [1.54, 1.807) is 0 Å². The second kappa shape index (κ2) is 6.91. The van der Waals surface area contributed by atoms with E-state index in [0.717, 1.165) is 19.4 Å². The molecule has 15 heavy (non-hydrogen) atoms. The average Bonchev–Trinajstić information content (AvgIpc) is 2.29. The molecule has 84 valence electrons. The van der Waals surface area contributed by atoms with Crippen molar-refractivity contribution < 1.29 is 0 Å². The van der Waals surface area contributed by atoms with Gasteiger partial charge in [-0.3, -0.25) is 0 Å². The Hall–Kier alpha value is -0.470. The molecule has 0 radical (unpaired) electrons. The number of thioether (sulfide) groups is 1. The molecule has 1 nitrogen and oxygen atoms in total. The van der Waals surface area contributed by atoms with Gasteiger partial charge in [0.1, 0.15) is 0 Å². The molecule has 2 heteroatoms. The van der Waals surface area contributed by atoms with Crippen molar-refractivity contribution in [3.8, 4) is 0 Å². The molecule has 1 rings (SSSR count). The minimum Gasteiger partial charge on any atom is -0.330 e. The molecule has 2 N–H and O–H groups in total. The zero-order valence-electron chi connectivity index (χ0n) is 9.75. The predicted octanol–water partition coefficient (Wildman–Crippen LogP) is 3.25. The highest BCUT2D eigenvalue weighted by Gasteiger charge is 1.99. The average molecular weight is 223 g/mol. The SMILES string of the molecule is CCc1cc(CCCCN)cc(SC)c1. The van der Waals surface area contributed by atoms with Crippen LogP contribution in [0.2, 0.25) is 0 Å². The number of unbranched alkanes of at least 4 members (excludes halogenated alkanes) is 1. The topological polar surface area (TPSA) is 26.0 Å². The van der Waals surface area contributed by atoms with Crippen LogP contribution in [0.1, 0.15) is 30.9 Å². The fraction of sp³-hybridized carbons (Fsp3) is 0.538. The van der Waals surface area contributed by atoms with Gasteiger partial charge in [0.2, 0.25) is 0 Å². The third-order valence-electron chi connectivity index (χ3n) is 2.59. The maximum absolute atomic E-state index is 5.50. The Labute approximate surface area is 97.4 Å². The number of aryl methyl sites for hydroxylation is 2. The summed E-state index contributed by atoms with van der Waals surface area (Å²) in [5, 5.41) is 0. The summed E-state index contributed by atoms with van der Waals surface area (Å²) >= 11 is 1.83. The quantitative estimate of drug-likeness (QED) is 0.592. The largest absolute Gasteiger partial charge is 0.330 e. The molecule has 0 aliphatic rings. The second-order valence-corrected chi connectivity index (χ2v) is 4.67. The Morgan fingerprint density at radius 3 is 2.47 bits per heavy atom. The first-order valence-electron chi connectivity index (χ1n) is 5.67. The van der Waals surface area contributed by atoms with E-state index in [1.807, 2.05) is 11.8 Å². The molecule has 0 bridgehead atoms. The molecule has 1 aromatic rings. The van der Waals surface area contributed by atoms with Crippen LogP contribution >= 0.6 is 11.8 Å². The third kappa shape index (κ3) is 4.27. The molecule has 0 aliphatic carbocycles. The molecular formula is C13H21NS. The summed E-state index contributed by atoms with van der Waals surface area (Å²) in [7, 11) is 0. The molecule has 0 aromatic heterocycles. The van der Waals surface area contributed by atoms with Crippen LogP contribution in [0.4, 0.5) is 0 Å². The summed E-state index contributed by atoms with van der Waals surface area (Å²) < 4.78 is 0. The van der Waals surface area contributed by atoms with Crippen LogP contribution in [-0.2, 0) is 12.8 Å². The molecule has 0 heterocycles. The molecule has 0 amide bonds. The van der Waals surface area contributed by atoms with E-state index >= 15 is 0 Å². The van der Waals surface area contributed by atoms with Crippen molar-refractivity contribution in [3.05, 3.63) is 29.3 Å². The first kappa shape index (κ1) is 12.6. The smallest absolute Gasteiger partial charge is 0.00746 e. The van der Waals surface area contributed by atoms with Gasteiger partial charge in [-0.1, -0.05) is 13.0 Å². The van der Waals surface area contributed by atoms with Crippen LogP contribution in [0.5, 0.6) is 0 Å². The van der Waals surface area contributed by atoms with Crippen molar-refractivity contribution in [2.45, 2.75) is 37.5 Å². The van der Waals surface area contributed by atoms with Crippen LogP contribution in [0.3, 0.4) is 0 Å². The second-order valence-electron chi connectivity index (χ2n) is 3.79. The van der Waals surface area contributed by atoms with Gasteiger partial charge in [-0.25, -0.2) is 0 Å². The lowest BCUT2D eigenvalue weighted by molar-refractivity contribution is 0.743. The highest BCUT2D eigenvalue weighted by Crippen LogP contribution is 2.20. The summed E-state index contributed by atoms with van der Waals surface area (Å²) in [6.07, 6.45) is 6.76. The lowest BCUT2D eigenvalue weighted by atomic mass is 10.0. The molecule has 0 unspecified atom stereocenters. The predicted molar refractivity (Wildman–Crippen MR) is 69.6 cm³/mol. The van der Waals surface area contributed by atoms with E-state index in [-0.39, 0.29) is 0 Å². The third-order valence-corrected chi connectivity index (χ3v) is 3.30. The van der Waals surface area contributed by atoms with Gasteiger partial charge in [0, 0.05) is 4.90 Å². The van der Waals surface area contributed by atoms with Crippen LogP contribution < -0.4 is 5.73 Å². The van der Waals surface area contributed by atoms with Gasteiger partial charge in [-0.05, 0) is 61.7 Å². The monoisotopic (exact) mass is 223 g/mol. The minimum absolute atomic E-state index is 0.808. The summed E-state index contributed by atoms with van der Waals surface area (Å²) in [6.45, 7) is 3.02. The van der Waals surface area contributed by atoms with Crippen molar-refractivity contribution >= 4 is 11.8 Å². The van der Waals surface area contributed by atoms with Gasteiger partial charge in [0.05, 0.1) is 0 Å². The Bertz CT molecular complexity index is 274. The Kier molecular flexibility index (Phi) is 5.81. The van der Waals surface area contributed by atoms with Crippen LogP contribution in [-0.4, -0.2) is 12.8 Å². The molecule has 0 fully saturated rings. The highest BCUT2D eigenvalue weighted by molar-refractivity contribution is 7.98. The van der Waals surface area contributed by atoms with Gasteiger partial charge in [0.25, 0.3) is 0 Å². The first-order chi connectivity index (χ1) is 7.30. The van der Waals surface area contributed by atoms with Crippen LogP contribution in [0.15, 0.2) is 23.1 Å². The zero-order valence-corrected chi connectivity index (χ0v) is 10.6. The summed E-state index contributed by atoms with van der Waals surface area (Å²) in [5.74, 6) is 0. The number of hydrogen-bond acceptors (Lipinski definition) is 2. The van der Waals surface area contributed by atoms with Gasteiger partial charge in [-0.2, -0.15) is 0 Å². The van der Waals surface area contributed by atoms with Gasteiger partial charge in [0.15, 0.2) is 0 Å². The Morgan fingerprint density at radius 1 is 1.13 bits per heavy atom. The maximum atomic E-state index is 5.50.